The van der Waals surface area contributed by atoms with Crippen molar-refractivity contribution in [3.8, 4) is 0 Å². The monoisotopic (exact) mass is 225 g/mol. The van der Waals surface area contributed by atoms with Crippen molar-refractivity contribution in [2.45, 2.75) is 45.6 Å². The molecule has 0 radical (unpaired) electrons. The lowest BCUT2D eigenvalue weighted by Crippen LogP contribution is -2.54. The van der Waals surface area contributed by atoms with E-state index in [9.17, 15) is 14.7 Å². The maximum Gasteiger partial charge on any atom is 0.329 e. The van der Waals surface area contributed by atoms with Gasteiger partial charge in [-0.15, -0.1) is 0 Å². The molecule has 0 heterocycles. The zero-order valence-electron chi connectivity index (χ0n) is 10.0. The maximum atomic E-state index is 11.9. The second kappa shape index (κ2) is 3.22. The molecule has 90 valence electrons. The summed E-state index contributed by atoms with van der Waals surface area (Å²) in [7, 11) is 0. The minimum absolute atomic E-state index is 0.00933. The summed E-state index contributed by atoms with van der Waals surface area (Å²) in [5.41, 5.74) is -1.01. The summed E-state index contributed by atoms with van der Waals surface area (Å²) in [6, 6.07) is 0. The molecule has 0 aromatic rings. The molecule has 2 aliphatic carbocycles. The van der Waals surface area contributed by atoms with Crippen LogP contribution in [0.15, 0.2) is 0 Å². The van der Waals surface area contributed by atoms with Gasteiger partial charge in [-0.3, -0.25) is 4.79 Å². The van der Waals surface area contributed by atoms with Crippen LogP contribution in [0.4, 0.5) is 0 Å². The van der Waals surface area contributed by atoms with E-state index >= 15 is 0 Å². The van der Waals surface area contributed by atoms with Gasteiger partial charge in [-0.25, -0.2) is 4.79 Å². The van der Waals surface area contributed by atoms with Gasteiger partial charge in [0.1, 0.15) is 5.54 Å². The number of carbonyl (C=O) groups excluding carboxylic acids is 1. The number of carbonyl (C=O) groups is 2. The first-order chi connectivity index (χ1) is 7.27. The molecule has 2 aliphatic rings. The maximum absolute atomic E-state index is 11.9. The summed E-state index contributed by atoms with van der Waals surface area (Å²) in [5, 5.41) is 11.9. The van der Waals surface area contributed by atoms with Crippen molar-refractivity contribution in [2.75, 3.05) is 0 Å². The Morgan fingerprint density at radius 1 is 1.38 bits per heavy atom. The number of nitrogens with one attached hydrogen (secondary N) is 1. The van der Waals surface area contributed by atoms with Crippen molar-refractivity contribution in [1.29, 1.82) is 0 Å². The lowest BCUT2D eigenvalue weighted by atomic mass is 9.95. The van der Waals surface area contributed by atoms with E-state index in [4.69, 9.17) is 0 Å². The lowest BCUT2D eigenvalue weighted by molar-refractivity contribution is -0.148. The van der Waals surface area contributed by atoms with Crippen LogP contribution in [0, 0.1) is 17.3 Å². The molecule has 2 atom stereocenters. The van der Waals surface area contributed by atoms with E-state index in [0.29, 0.717) is 0 Å². The lowest BCUT2D eigenvalue weighted by Gasteiger charge is -2.26. The average molecular weight is 225 g/mol. The third-order valence-corrected chi connectivity index (χ3v) is 4.05. The molecule has 2 rings (SSSR count). The molecule has 2 N–H and O–H groups in total. The molecule has 0 aromatic heterocycles. The summed E-state index contributed by atoms with van der Waals surface area (Å²) < 4.78 is 0. The van der Waals surface area contributed by atoms with E-state index < -0.39 is 11.5 Å². The van der Waals surface area contributed by atoms with Crippen molar-refractivity contribution >= 4 is 11.9 Å². The van der Waals surface area contributed by atoms with Gasteiger partial charge >= 0.3 is 5.97 Å². The Kier molecular flexibility index (Phi) is 2.30. The fourth-order valence-corrected chi connectivity index (χ4v) is 2.25. The molecule has 2 saturated carbocycles. The van der Waals surface area contributed by atoms with Crippen LogP contribution in [0.2, 0.25) is 0 Å². The second-order valence-electron chi connectivity index (χ2n) is 6.02. The van der Waals surface area contributed by atoms with E-state index in [-0.39, 0.29) is 23.2 Å². The molecular formula is C12H19NO3. The van der Waals surface area contributed by atoms with Crippen LogP contribution >= 0.6 is 0 Å². The van der Waals surface area contributed by atoms with Crippen molar-refractivity contribution in [3.63, 3.8) is 0 Å². The van der Waals surface area contributed by atoms with Crippen LogP contribution in [-0.4, -0.2) is 22.5 Å². The third kappa shape index (κ3) is 1.81. The Balaban J connectivity index is 2.02. The number of amides is 1. The van der Waals surface area contributed by atoms with E-state index in [1.807, 2.05) is 13.8 Å². The second-order valence-corrected chi connectivity index (χ2v) is 6.02. The van der Waals surface area contributed by atoms with Crippen molar-refractivity contribution in [1.82, 2.24) is 5.32 Å². The minimum Gasteiger partial charge on any atom is -0.480 e. The molecule has 4 nitrogen and oxygen atoms in total. The van der Waals surface area contributed by atoms with Crippen LogP contribution < -0.4 is 5.32 Å². The summed E-state index contributed by atoms with van der Waals surface area (Å²) >= 11 is 0. The van der Waals surface area contributed by atoms with Gasteiger partial charge in [-0.05, 0) is 37.5 Å². The largest absolute Gasteiger partial charge is 0.480 e. The molecule has 16 heavy (non-hydrogen) atoms. The quantitative estimate of drug-likeness (QED) is 0.760. The summed E-state index contributed by atoms with van der Waals surface area (Å²) in [6.07, 6.45) is 2.66. The molecule has 0 bridgehead atoms. The molecule has 0 aromatic carbocycles. The number of carboxylic acid groups (broad SMARTS) is 1. The van der Waals surface area contributed by atoms with E-state index in [2.05, 4.69) is 5.32 Å². The van der Waals surface area contributed by atoms with Gasteiger partial charge in [0, 0.05) is 5.92 Å². The summed E-state index contributed by atoms with van der Waals surface area (Å²) in [6.45, 7) is 5.69. The van der Waals surface area contributed by atoms with E-state index in [1.165, 1.54) is 0 Å². The SMILES string of the molecule is CC1(C)CC1C(=O)NC(C)(C(=O)O)C1CC1. The van der Waals surface area contributed by atoms with Gasteiger partial charge in [0.15, 0.2) is 0 Å². The van der Waals surface area contributed by atoms with Crippen molar-refractivity contribution in [2.24, 2.45) is 17.3 Å². The molecule has 0 saturated heterocycles. The topological polar surface area (TPSA) is 66.4 Å². The van der Waals surface area contributed by atoms with Crippen molar-refractivity contribution in [3.05, 3.63) is 0 Å². The number of aliphatic carboxylic acids is 1. The van der Waals surface area contributed by atoms with Gasteiger partial charge in [0.05, 0.1) is 0 Å². The standard InChI is InChI=1S/C12H19NO3/c1-11(2)6-8(11)9(14)13-12(3,10(15)16)7-4-5-7/h7-8H,4-6H2,1-3H3,(H,13,14)(H,15,16). The number of rotatable bonds is 4. The Hall–Kier alpha value is -1.06. The van der Waals surface area contributed by atoms with Crippen LogP contribution in [-0.2, 0) is 9.59 Å². The Bertz CT molecular complexity index is 346. The number of hydrogen-bond acceptors (Lipinski definition) is 2. The van der Waals surface area contributed by atoms with E-state index in [0.717, 1.165) is 19.3 Å². The van der Waals surface area contributed by atoms with Gasteiger partial charge in [-0.2, -0.15) is 0 Å². The van der Waals surface area contributed by atoms with Crippen molar-refractivity contribution < 1.29 is 14.7 Å². The zero-order chi connectivity index (χ0) is 12.1. The normalized spacial score (nSPS) is 30.3. The molecule has 1 amide bonds. The highest BCUT2D eigenvalue weighted by molar-refractivity contribution is 5.90. The van der Waals surface area contributed by atoms with Crippen LogP contribution in [0.3, 0.4) is 0 Å². The molecule has 4 heteroatoms. The van der Waals surface area contributed by atoms with Gasteiger partial charge in [0.2, 0.25) is 5.91 Å². The first kappa shape index (κ1) is 11.4. The van der Waals surface area contributed by atoms with Crippen LogP contribution in [0.25, 0.3) is 0 Å². The fraction of sp³-hybridized carbons (Fsp3) is 0.833. The Morgan fingerprint density at radius 2 is 1.88 bits per heavy atom. The van der Waals surface area contributed by atoms with Crippen LogP contribution in [0.5, 0.6) is 0 Å². The highest BCUT2D eigenvalue weighted by Crippen LogP contribution is 2.52. The summed E-state index contributed by atoms with van der Waals surface area (Å²) in [5.74, 6) is -0.913. The molecular weight excluding hydrogens is 206 g/mol. The van der Waals surface area contributed by atoms with Gasteiger partial charge in [-0.1, -0.05) is 13.8 Å². The van der Waals surface area contributed by atoms with Gasteiger partial charge < -0.3 is 10.4 Å². The molecule has 0 aliphatic heterocycles. The molecule has 0 spiro atoms. The third-order valence-electron chi connectivity index (χ3n) is 4.05. The first-order valence-electron chi connectivity index (χ1n) is 5.83. The highest BCUT2D eigenvalue weighted by Gasteiger charge is 2.55. The van der Waals surface area contributed by atoms with Crippen LogP contribution in [0.1, 0.15) is 40.0 Å². The summed E-state index contributed by atoms with van der Waals surface area (Å²) in [4.78, 5) is 23.1. The van der Waals surface area contributed by atoms with Gasteiger partial charge in [0.25, 0.3) is 0 Å². The first-order valence-corrected chi connectivity index (χ1v) is 5.83. The predicted molar refractivity (Wildman–Crippen MR) is 58.8 cm³/mol. The molecule has 2 unspecified atom stereocenters. The zero-order valence-corrected chi connectivity index (χ0v) is 10.0. The number of carboxylic acids is 1. The highest BCUT2D eigenvalue weighted by atomic mass is 16.4. The number of hydrogen-bond donors (Lipinski definition) is 2. The predicted octanol–water partition coefficient (Wildman–Crippen LogP) is 1.40. The minimum atomic E-state index is -1.06. The smallest absolute Gasteiger partial charge is 0.329 e. The average Bonchev–Trinajstić information content (AvgIpc) is 2.99. The molecule has 2 fully saturated rings. The Labute approximate surface area is 95.4 Å². The fourth-order valence-electron chi connectivity index (χ4n) is 2.25. The Morgan fingerprint density at radius 3 is 2.19 bits per heavy atom. The van der Waals surface area contributed by atoms with E-state index in [1.54, 1.807) is 6.92 Å².